The molecule has 0 amide bonds. The zero-order valence-corrected chi connectivity index (χ0v) is 6.95. The van der Waals surface area contributed by atoms with E-state index in [9.17, 15) is 0 Å². The van der Waals surface area contributed by atoms with Crippen LogP contribution in [-0.4, -0.2) is 14.4 Å². The summed E-state index contributed by atoms with van der Waals surface area (Å²) in [5.74, 6) is 0.831. The topological polar surface area (TPSA) is 30.2 Å². The zero-order valence-electron chi connectivity index (χ0n) is 6.14. The first-order valence-electron chi connectivity index (χ1n) is 3.60. The van der Waals surface area contributed by atoms with E-state index in [-0.39, 0.29) is 0 Å². The molecule has 12 heavy (non-hydrogen) atoms. The highest BCUT2D eigenvalue weighted by atomic mass is 32.1. The van der Waals surface area contributed by atoms with Crippen LogP contribution in [0.1, 0.15) is 0 Å². The van der Waals surface area contributed by atoms with Crippen LogP contribution in [0.4, 0.5) is 0 Å². The maximum Gasteiger partial charge on any atom is 0.195 e. The highest BCUT2D eigenvalue weighted by Crippen LogP contribution is 2.20. The van der Waals surface area contributed by atoms with Crippen molar-refractivity contribution in [3.05, 3.63) is 30.0 Å². The molecule has 3 rings (SSSR count). The highest BCUT2D eigenvalue weighted by molar-refractivity contribution is 7.15. The van der Waals surface area contributed by atoms with Crippen molar-refractivity contribution in [2.45, 2.75) is 0 Å². The largest absolute Gasteiger partial charge is 0.298 e. The molecule has 0 N–H and O–H groups in total. The lowest BCUT2D eigenvalue weighted by molar-refractivity contribution is 1.12. The van der Waals surface area contributed by atoms with E-state index in [2.05, 4.69) is 9.97 Å². The lowest BCUT2D eigenvalue weighted by Crippen LogP contribution is -1.89. The molecule has 0 saturated carbocycles. The predicted octanol–water partition coefficient (Wildman–Crippen LogP) is 1.90. The van der Waals surface area contributed by atoms with Gasteiger partial charge in [-0.25, -0.2) is 9.97 Å². The summed E-state index contributed by atoms with van der Waals surface area (Å²) in [5.41, 5.74) is 1.09. The van der Waals surface area contributed by atoms with Gasteiger partial charge in [-0.05, 0) is 6.07 Å². The summed E-state index contributed by atoms with van der Waals surface area (Å²) in [7, 11) is 0. The van der Waals surface area contributed by atoms with E-state index in [4.69, 9.17) is 0 Å². The molecule has 3 heterocycles. The molecule has 0 saturated heterocycles. The first-order valence-corrected chi connectivity index (χ1v) is 4.48. The minimum atomic E-state index is 0.831. The maximum absolute atomic E-state index is 4.37. The average Bonchev–Trinajstić information content (AvgIpc) is 2.64. The molecule has 2 aliphatic rings. The average molecular weight is 175 g/mol. The maximum atomic E-state index is 4.37. The van der Waals surface area contributed by atoms with E-state index >= 15 is 0 Å². The summed E-state index contributed by atoms with van der Waals surface area (Å²) in [6.45, 7) is 0. The molecule has 0 atom stereocenters. The molecule has 0 fully saturated rings. The number of fused-ring (bicyclic) bond motifs is 2. The first-order chi connectivity index (χ1) is 5.93. The molecule has 1 aromatic rings. The molecule has 58 valence electrons. The van der Waals surface area contributed by atoms with E-state index in [1.54, 1.807) is 17.5 Å². The molecular weight excluding hydrogens is 170 g/mol. The van der Waals surface area contributed by atoms with Crippen molar-refractivity contribution < 1.29 is 0 Å². The van der Waals surface area contributed by atoms with Gasteiger partial charge in [0, 0.05) is 29.5 Å². The number of aromatic nitrogens is 3. The molecule has 0 aliphatic carbocycles. The van der Waals surface area contributed by atoms with Crippen LogP contribution in [0, 0.1) is 0 Å². The summed E-state index contributed by atoms with van der Waals surface area (Å²) < 4.78 is 2.01. The Kier molecular flexibility index (Phi) is 1.04. The van der Waals surface area contributed by atoms with Gasteiger partial charge >= 0.3 is 0 Å². The van der Waals surface area contributed by atoms with E-state index in [0.29, 0.717) is 0 Å². The van der Waals surface area contributed by atoms with E-state index in [1.807, 2.05) is 28.2 Å². The number of thiazole rings is 1. The van der Waals surface area contributed by atoms with Crippen LogP contribution in [-0.2, 0) is 0 Å². The molecule has 0 aromatic carbocycles. The Morgan fingerprint density at radius 3 is 3.42 bits per heavy atom. The summed E-state index contributed by atoms with van der Waals surface area (Å²) in [6, 6.07) is 1.96. The third-order valence-corrected chi connectivity index (χ3v) is 2.58. The number of hydrogen-bond acceptors (Lipinski definition) is 3. The Hall–Kier alpha value is -1.42. The van der Waals surface area contributed by atoms with Crippen molar-refractivity contribution >= 4 is 16.3 Å². The van der Waals surface area contributed by atoms with Crippen LogP contribution in [0.15, 0.2) is 30.0 Å². The smallest absolute Gasteiger partial charge is 0.195 e. The molecule has 0 bridgehead atoms. The summed E-state index contributed by atoms with van der Waals surface area (Å²) in [4.78, 5) is 9.49. The third kappa shape index (κ3) is 0.698. The van der Waals surface area contributed by atoms with Gasteiger partial charge in [-0.3, -0.25) is 4.40 Å². The molecular formula is C8H5N3S. The second-order valence-corrected chi connectivity index (χ2v) is 3.43. The lowest BCUT2D eigenvalue weighted by atomic mass is 10.3. The lowest BCUT2D eigenvalue weighted by Gasteiger charge is -1.96. The van der Waals surface area contributed by atoms with Gasteiger partial charge in [-0.15, -0.1) is 11.3 Å². The monoisotopic (exact) mass is 175 g/mol. The van der Waals surface area contributed by atoms with Crippen LogP contribution in [0.3, 0.4) is 0 Å². The molecule has 0 radical (unpaired) electrons. The minimum absolute atomic E-state index is 0.831. The molecule has 3 nitrogen and oxygen atoms in total. The standard InChI is InChI=1S/C8H5N3S/c1-2-9-7-6(1)5-11-3-4-12-8(11)10-7/h1-5H. The van der Waals surface area contributed by atoms with E-state index < -0.39 is 0 Å². The van der Waals surface area contributed by atoms with E-state index in [1.165, 1.54) is 0 Å². The number of nitrogens with zero attached hydrogens (tertiary/aromatic N) is 3. The Morgan fingerprint density at radius 1 is 1.42 bits per heavy atom. The van der Waals surface area contributed by atoms with Gasteiger partial charge in [0.25, 0.3) is 0 Å². The molecule has 2 aliphatic heterocycles. The van der Waals surface area contributed by atoms with Crippen molar-refractivity contribution in [1.82, 2.24) is 14.4 Å². The van der Waals surface area contributed by atoms with Gasteiger partial charge in [0.2, 0.25) is 0 Å². The Morgan fingerprint density at radius 2 is 2.42 bits per heavy atom. The normalized spacial score (nSPS) is 11.3. The van der Waals surface area contributed by atoms with Crippen LogP contribution in [0.25, 0.3) is 16.3 Å². The van der Waals surface area contributed by atoms with Crippen LogP contribution < -0.4 is 0 Å². The fraction of sp³-hybridized carbons (Fsp3) is 0. The third-order valence-electron chi connectivity index (χ3n) is 1.80. The van der Waals surface area contributed by atoms with Crippen molar-refractivity contribution in [2.75, 3.05) is 0 Å². The number of hydrogen-bond donors (Lipinski definition) is 0. The second kappa shape index (κ2) is 2.04. The van der Waals surface area contributed by atoms with Gasteiger partial charge in [0.15, 0.2) is 10.8 Å². The Labute approximate surface area is 72.7 Å². The van der Waals surface area contributed by atoms with Gasteiger partial charge in [0.1, 0.15) is 0 Å². The van der Waals surface area contributed by atoms with Gasteiger partial charge in [-0.2, -0.15) is 0 Å². The highest BCUT2D eigenvalue weighted by Gasteiger charge is 2.06. The predicted molar refractivity (Wildman–Crippen MR) is 47.5 cm³/mol. The van der Waals surface area contributed by atoms with Crippen molar-refractivity contribution in [1.29, 1.82) is 0 Å². The van der Waals surface area contributed by atoms with Gasteiger partial charge in [-0.1, -0.05) is 0 Å². The van der Waals surface area contributed by atoms with Crippen molar-refractivity contribution in [3.63, 3.8) is 0 Å². The van der Waals surface area contributed by atoms with Crippen molar-refractivity contribution in [2.24, 2.45) is 0 Å². The van der Waals surface area contributed by atoms with E-state index in [0.717, 1.165) is 16.3 Å². The SMILES string of the molecule is c1cc2cn3ccsc3nc-2n1. The molecule has 0 spiro atoms. The minimum Gasteiger partial charge on any atom is -0.298 e. The second-order valence-electron chi connectivity index (χ2n) is 2.56. The fourth-order valence-electron chi connectivity index (χ4n) is 1.24. The number of rotatable bonds is 0. The zero-order chi connectivity index (χ0) is 7.97. The summed E-state index contributed by atoms with van der Waals surface area (Å²) in [5, 5.41) is 2.02. The fourth-order valence-corrected chi connectivity index (χ4v) is 1.92. The van der Waals surface area contributed by atoms with Crippen LogP contribution in [0.5, 0.6) is 0 Å². The van der Waals surface area contributed by atoms with Crippen molar-refractivity contribution in [3.8, 4) is 11.4 Å². The Bertz CT molecular complexity index is 454. The summed E-state index contributed by atoms with van der Waals surface area (Å²) >= 11 is 1.62. The Balaban J connectivity index is 2.56. The summed E-state index contributed by atoms with van der Waals surface area (Å²) in [6.07, 6.45) is 5.82. The molecule has 0 unspecified atom stereocenters. The molecule has 1 aromatic heterocycles. The quantitative estimate of drug-likeness (QED) is 0.522. The van der Waals surface area contributed by atoms with Crippen LogP contribution >= 0.6 is 11.3 Å². The first kappa shape index (κ1) is 6.14. The van der Waals surface area contributed by atoms with Gasteiger partial charge < -0.3 is 0 Å². The van der Waals surface area contributed by atoms with Crippen LogP contribution in [0.2, 0.25) is 0 Å². The molecule has 4 heteroatoms. The van der Waals surface area contributed by atoms with Gasteiger partial charge in [0.05, 0.1) is 0 Å².